The van der Waals surface area contributed by atoms with Crippen molar-refractivity contribution in [2.45, 2.75) is 96.8 Å². The van der Waals surface area contributed by atoms with Crippen molar-refractivity contribution in [2.75, 3.05) is 0 Å². The lowest BCUT2D eigenvalue weighted by atomic mass is 9.69. The molecule has 3 rings (SSSR count). The molecule has 0 aromatic carbocycles. The lowest BCUT2D eigenvalue weighted by molar-refractivity contribution is -0.130. The Morgan fingerprint density at radius 1 is 0.926 bits per heavy atom. The van der Waals surface area contributed by atoms with E-state index >= 15 is 8.78 Å². The zero-order valence-electron chi connectivity index (χ0n) is 16.2. The Balaban J connectivity index is 2.06. The molecule has 0 spiro atoms. The molecule has 2 fully saturated rings. The van der Waals surface area contributed by atoms with E-state index in [-0.39, 0.29) is 11.8 Å². The van der Waals surface area contributed by atoms with Crippen molar-refractivity contribution in [3.05, 3.63) is 28.7 Å². The van der Waals surface area contributed by atoms with E-state index in [1.54, 1.807) is 0 Å². The maximum absolute atomic E-state index is 15.4. The zero-order chi connectivity index (χ0) is 19.4. The Morgan fingerprint density at radius 2 is 1.48 bits per heavy atom. The summed E-state index contributed by atoms with van der Waals surface area (Å²) in [5.74, 6) is -0.848. The number of hydrogen-bond donors (Lipinski definition) is 0. The third-order valence-electron chi connectivity index (χ3n) is 6.40. The van der Waals surface area contributed by atoms with Crippen LogP contribution in [0.5, 0.6) is 0 Å². The van der Waals surface area contributed by atoms with Crippen molar-refractivity contribution < 1.29 is 22.3 Å². The average molecular weight is 387 g/mol. The monoisotopic (exact) mass is 387 g/mol. The molecule has 0 saturated heterocycles. The molecule has 0 aromatic heterocycles. The van der Waals surface area contributed by atoms with Crippen molar-refractivity contribution in [1.29, 1.82) is 0 Å². The molecule has 5 heteroatoms. The van der Waals surface area contributed by atoms with Gasteiger partial charge in [0.1, 0.15) is 5.83 Å². The minimum Gasteiger partial charge on any atom is -0.302 e. The van der Waals surface area contributed by atoms with Crippen LogP contribution in [0.4, 0.5) is 17.6 Å². The van der Waals surface area contributed by atoms with Gasteiger partial charge in [-0.05, 0) is 60.7 Å². The lowest BCUT2D eigenvalue weighted by Gasteiger charge is -2.39. The van der Waals surface area contributed by atoms with Crippen LogP contribution in [0.2, 0.25) is 0 Å². The Morgan fingerprint density at radius 3 is 2.00 bits per heavy atom. The Kier molecular flexibility index (Phi) is 7.41. The first-order valence-electron chi connectivity index (χ1n) is 10.6. The Hall–Kier alpha value is -0.840. The number of halogens is 4. The van der Waals surface area contributed by atoms with Crippen LogP contribution in [0.15, 0.2) is 22.5 Å². The molecule has 0 N–H and O–H groups in total. The fourth-order valence-corrected chi connectivity index (χ4v) is 5.25. The highest BCUT2D eigenvalue weighted by molar-refractivity contribution is 5.51. The Bertz CT molecular complexity index is 557. The second-order valence-electron chi connectivity index (χ2n) is 8.19. The summed E-state index contributed by atoms with van der Waals surface area (Å²) >= 11 is 0. The molecule has 1 atom stereocenters. The van der Waals surface area contributed by atoms with Crippen molar-refractivity contribution in [1.82, 2.24) is 0 Å². The maximum atomic E-state index is 15.4. The third kappa shape index (κ3) is 4.60. The topological polar surface area (TPSA) is 9.23 Å². The van der Waals surface area contributed by atoms with Gasteiger partial charge in [-0.15, -0.1) is 0 Å². The Labute approximate surface area is 160 Å². The van der Waals surface area contributed by atoms with E-state index in [2.05, 4.69) is 4.74 Å². The molecule has 153 valence electrons. The summed E-state index contributed by atoms with van der Waals surface area (Å²) in [5, 5.41) is 0. The van der Waals surface area contributed by atoms with Crippen LogP contribution < -0.4 is 0 Å². The summed E-state index contributed by atoms with van der Waals surface area (Å²) in [4.78, 5) is 0. The van der Waals surface area contributed by atoms with Crippen LogP contribution >= 0.6 is 0 Å². The van der Waals surface area contributed by atoms with Gasteiger partial charge in [-0.1, -0.05) is 51.9 Å². The average Bonchev–Trinajstić information content (AvgIpc) is 2.67. The highest BCUT2D eigenvalue weighted by Crippen LogP contribution is 2.51. The largest absolute Gasteiger partial charge is 0.346 e. The van der Waals surface area contributed by atoms with E-state index in [1.807, 2.05) is 6.92 Å². The molecule has 1 nitrogen and oxygen atoms in total. The van der Waals surface area contributed by atoms with Crippen LogP contribution in [0, 0.1) is 17.9 Å². The molecule has 0 unspecified atom stereocenters. The van der Waals surface area contributed by atoms with Gasteiger partial charge in [0.15, 0.2) is 12.3 Å². The van der Waals surface area contributed by atoms with Crippen LogP contribution in [0.3, 0.4) is 0 Å². The van der Waals surface area contributed by atoms with Gasteiger partial charge in [0.2, 0.25) is 0 Å². The van der Waals surface area contributed by atoms with Crippen LogP contribution in [-0.4, -0.2) is 12.8 Å². The first-order chi connectivity index (χ1) is 13.0. The summed E-state index contributed by atoms with van der Waals surface area (Å²) in [6.45, 7) is -1.21. The molecule has 2 saturated carbocycles. The van der Waals surface area contributed by atoms with Gasteiger partial charge < -0.3 is 4.74 Å². The fraction of sp³-hybridized carbons (Fsp3) is 0.773. The van der Waals surface area contributed by atoms with Gasteiger partial charge in [-0.3, -0.25) is 0 Å². The van der Waals surface area contributed by atoms with Gasteiger partial charge in [0.05, 0.1) is 0 Å². The molecule has 0 bridgehead atoms. The number of allylic oxidation sites excluding steroid dienone is 2. The van der Waals surface area contributed by atoms with Gasteiger partial charge in [0.25, 0.3) is 0 Å². The maximum Gasteiger partial charge on any atom is 0.346 e. The van der Waals surface area contributed by atoms with E-state index < -0.39 is 24.7 Å². The quantitative estimate of drug-likeness (QED) is 0.427. The minimum atomic E-state index is -3.21. The van der Waals surface area contributed by atoms with Crippen molar-refractivity contribution in [3.8, 4) is 0 Å². The summed E-state index contributed by atoms with van der Waals surface area (Å²) in [7, 11) is 0. The molecule has 3 aliphatic rings. The molecular formula is C22H31F4O. The standard InChI is InChI=1S/C22H31F4O/c1-2-9-16-17(14-10-5-3-6-11-14)19(23)21(27-22(25)26)20(24)18(16)15-12-7-4-8-13-15/h14-15,19,22H,2-13H2,1H3/t19-/m0/s1. The highest BCUT2D eigenvalue weighted by atomic mass is 19.3. The van der Waals surface area contributed by atoms with E-state index in [9.17, 15) is 8.78 Å². The number of alkyl halides is 3. The summed E-state index contributed by atoms with van der Waals surface area (Å²) in [6.07, 6.45) is 8.38. The number of rotatable bonds is 6. The smallest absolute Gasteiger partial charge is 0.302 e. The summed E-state index contributed by atoms with van der Waals surface area (Å²) in [6, 6.07) is 0. The normalized spacial score (nSPS) is 27.1. The van der Waals surface area contributed by atoms with E-state index in [0.717, 1.165) is 76.2 Å². The van der Waals surface area contributed by atoms with E-state index in [1.165, 1.54) is 0 Å². The molecule has 0 heterocycles. The lowest BCUT2D eigenvalue weighted by Crippen LogP contribution is -2.33. The predicted octanol–water partition coefficient (Wildman–Crippen LogP) is 7.59. The molecule has 3 aliphatic carbocycles. The van der Waals surface area contributed by atoms with E-state index in [4.69, 9.17) is 0 Å². The highest BCUT2D eigenvalue weighted by Gasteiger charge is 2.45. The van der Waals surface area contributed by atoms with Crippen LogP contribution in [0.25, 0.3) is 0 Å². The molecular weight excluding hydrogens is 356 g/mol. The van der Waals surface area contributed by atoms with Crippen molar-refractivity contribution in [3.63, 3.8) is 0 Å². The van der Waals surface area contributed by atoms with Crippen LogP contribution in [-0.2, 0) is 4.74 Å². The van der Waals surface area contributed by atoms with Gasteiger partial charge >= 0.3 is 6.61 Å². The second-order valence-corrected chi connectivity index (χ2v) is 8.19. The van der Waals surface area contributed by atoms with Crippen molar-refractivity contribution in [2.24, 2.45) is 11.8 Å². The number of hydrogen-bond acceptors (Lipinski definition) is 1. The summed E-state index contributed by atoms with van der Waals surface area (Å²) < 4.78 is 61.0. The fourth-order valence-electron chi connectivity index (χ4n) is 5.25. The van der Waals surface area contributed by atoms with Crippen molar-refractivity contribution >= 4 is 0 Å². The van der Waals surface area contributed by atoms with Gasteiger partial charge in [-0.2, -0.15) is 8.78 Å². The zero-order valence-corrected chi connectivity index (χ0v) is 16.2. The minimum absolute atomic E-state index is 0.0114. The molecule has 0 aromatic rings. The molecule has 0 aliphatic heterocycles. The first-order valence-corrected chi connectivity index (χ1v) is 10.6. The number of ether oxygens (including phenoxy) is 1. The first kappa shape index (κ1) is 20.9. The van der Waals surface area contributed by atoms with Crippen LogP contribution in [0.1, 0.15) is 84.0 Å². The SMILES string of the molecule is CCCC1=C(C2CCCCC2)[C@H](F)[C](OC(F)F)C(F)=C1C1CCCCC1. The molecule has 1 radical (unpaired) electrons. The van der Waals surface area contributed by atoms with Gasteiger partial charge in [0, 0.05) is 0 Å². The molecule has 27 heavy (non-hydrogen) atoms. The predicted molar refractivity (Wildman–Crippen MR) is 98.4 cm³/mol. The summed E-state index contributed by atoms with van der Waals surface area (Å²) in [5.41, 5.74) is 1.82. The third-order valence-corrected chi connectivity index (χ3v) is 6.40. The second kappa shape index (κ2) is 9.58. The molecule has 0 amide bonds. The van der Waals surface area contributed by atoms with Gasteiger partial charge in [-0.25, -0.2) is 8.78 Å². The van der Waals surface area contributed by atoms with E-state index in [0.29, 0.717) is 17.6 Å².